The Hall–Kier alpha value is -3.81. The van der Waals surface area contributed by atoms with Crippen LogP contribution in [0.5, 0.6) is 11.5 Å². The molecule has 1 saturated carbocycles. The van der Waals surface area contributed by atoms with Crippen LogP contribution in [0.2, 0.25) is 0 Å². The molecule has 2 atom stereocenters. The van der Waals surface area contributed by atoms with Crippen molar-refractivity contribution in [3.63, 3.8) is 0 Å². The highest BCUT2D eigenvalue weighted by atomic mass is 19.1. The monoisotopic (exact) mass is 478 g/mol. The number of hydrogen-bond donors (Lipinski definition) is 1. The Balaban J connectivity index is 1.51. The first-order valence-electron chi connectivity index (χ1n) is 11.9. The van der Waals surface area contributed by atoms with Crippen molar-refractivity contribution in [1.82, 2.24) is 5.32 Å². The molecule has 1 aliphatic heterocycles. The Morgan fingerprint density at radius 1 is 0.971 bits per heavy atom. The van der Waals surface area contributed by atoms with Gasteiger partial charge in [0.05, 0.1) is 6.26 Å². The summed E-state index contributed by atoms with van der Waals surface area (Å²) in [4.78, 5) is 28.8. The first-order chi connectivity index (χ1) is 17.1. The average molecular weight is 479 g/mol. The lowest BCUT2D eigenvalue weighted by atomic mass is 9.95. The first-order valence-corrected chi connectivity index (χ1v) is 11.9. The number of nitrogens with one attached hydrogen (secondary N) is 1. The van der Waals surface area contributed by atoms with E-state index in [1.54, 1.807) is 36.4 Å². The van der Waals surface area contributed by atoms with Gasteiger partial charge in [-0.15, -0.1) is 0 Å². The van der Waals surface area contributed by atoms with Gasteiger partial charge in [0, 0.05) is 11.7 Å². The summed E-state index contributed by atoms with van der Waals surface area (Å²) in [6.07, 6.45) is 5.38. The predicted molar refractivity (Wildman–Crippen MR) is 127 cm³/mol. The van der Waals surface area contributed by atoms with Crippen molar-refractivity contribution in [2.24, 2.45) is 0 Å². The van der Waals surface area contributed by atoms with Gasteiger partial charge in [0.1, 0.15) is 18.2 Å². The largest absolute Gasteiger partial charge is 0.485 e. The third-order valence-electron chi connectivity index (χ3n) is 6.38. The molecule has 182 valence electrons. The molecule has 2 amide bonds. The molecule has 1 aromatic heterocycles. The van der Waals surface area contributed by atoms with Crippen molar-refractivity contribution in [1.29, 1.82) is 0 Å². The lowest BCUT2D eigenvalue weighted by Crippen LogP contribution is -2.52. The molecule has 3 aromatic rings. The topological polar surface area (TPSA) is 81.0 Å². The number of hydrogen-bond acceptors (Lipinski definition) is 5. The summed E-state index contributed by atoms with van der Waals surface area (Å²) in [5, 5.41) is 3.09. The number of anilines is 1. The molecule has 0 spiro atoms. The van der Waals surface area contributed by atoms with Gasteiger partial charge in [-0.05, 0) is 55.3 Å². The minimum atomic E-state index is -1.15. The minimum absolute atomic E-state index is 0.0133. The van der Waals surface area contributed by atoms with Crippen molar-refractivity contribution >= 4 is 17.5 Å². The molecule has 1 N–H and O–H groups in total. The third kappa shape index (κ3) is 5.01. The number of ether oxygens (including phenoxy) is 2. The lowest BCUT2D eigenvalue weighted by molar-refractivity contribution is -0.132. The average Bonchev–Trinajstić information content (AvgIpc) is 3.41. The third-order valence-corrected chi connectivity index (χ3v) is 6.38. The van der Waals surface area contributed by atoms with E-state index >= 15 is 0 Å². The Labute approximate surface area is 202 Å². The number of furan rings is 1. The van der Waals surface area contributed by atoms with E-state index in [2.05, 4.69) is 5.32 Å². The highest BCUT2D eigenvalue weighted by molar-refractivity contribution is 6.03. The van der Waals surface area contributed by atoms with E-state index < -0.39 is 23.9 Å². The van der Waals surface area contributed by atoms with Crippen molar-refractivity contribution in [3.8, 4) is 11.5 Å². The van der Waals surface area contributed by atoms with E-state index in [9.17, 15) is 14.0 Å². The van der Waals surface area contributed by atoms with E-state index in [1.807, 2.05) is 6.07 Å². The van der Waals surface area contributed by atoms with Gasteiger partial charge < -0.3 is 19.2 Å². The predicted octanol–water partition coefficient (Wildman–Crippen LogP) is 4.78. The number of carbonyl (C=O) groups excluding carboxylic acids is 2. The van der Waals surface area contributed by atoms with Crippen LogP contribution in [0.1, 0.15) is 43.9 Å². The van der Waals surface area contributed by atoms with Gasteiger partial charge in [0.2, 0.25) is 6.10 Å². The van der Waals surface area contributed by atoms with E-state index in [-0.39, 0.29) is 30.0 Å². The fraction of sp³-hybridized carbons (Fsp3) is 0.333. The van der Waals surface area contributed by atoms with Gasteiger partial charge in [-0.25, -0.2) is 4.39 Å². The highest BCUT2D eigenvalue weighted by Crippen LogP contribution is 2.35. The maximum Gasteiger partial charge on any atom is 0.272 e. The molecule has 2 aromatic carbocycles. The van der Waals surface area contributed by atoms with Crippen LogP contribution in [-0.4, -0.2) is 30.6 Å². The number of benzene rings is 2. The molecule has 0 radical (unpaired) electrons. The molecule has 0 unspecified atom stereocenters. The molecule has 5 rings (SSSR count). The SMILES string of the molecule is O=C(NC1CCCCC1)[C@H](c1ccco1)N(C(=O)[C@H]1COc2ccccc2O1)c1cccc(F)c1. The van der Waals surface area contributed by atoms with Crippen molar-refractivity contribution < 1.29 is 27.9 Å². The molecule has 2 aliphatic rings. The van der Waals surface area contributed by atoms with Gasteiger partial charge >= 0.3 is 0 Å². The van der Waals surface area contributed by atoms with Gasteiger partial charge in [-0.2, -0.15) is 0 Å². The zero-order valence-electron chi connectivity index (χ0n) is 19.2. The second kappa shape index (κ2) is 10.2. The smallest absolute Gasteiger partial charge is 0.272 e. The molecule has 0 saturated heterocycles. The zero-order chi connectivity index (χ0) is 24.2. The number of rotatable bonds is 6. The Morgan fingerprint density at radius 2 is 1.77 bits per heavy atom. The normalized spacial score (nSPS) is 18.5. The number of nitrogens with zero attached hydrogens (tertiary/aromatic N) is 1. The number of halogens is 1. The first kappa shape index (κ1) is 23.0. The van der Waals surface area contributed by atoms with Gasteiger partial charge in [0.25, 0.3) is 11.8 Å². The van der Waals surface area contributed by atoms with E-state index in [1.165, 1.54) is 29.4 Å². The van der Waals surface area contributed by atoms with E-state index in [4.69, 9.17) is 13.9 Å². The fourth-order valence-electron chi connectivity index (χ4n) is 4.67. The maximum atomic E-state index is 14.3. The number of amides is 2. The second-order valence-electron chi connectivity index (χ2n) is 8.81. The van der Waals surface area contributed by atoms with Crippen LogP contribution >= 0.6 is 0 Å². The second-order valence-corrected chi connectivity index (χ2v) is 8.81. The summed E-state index contributed by atoms with van der Waals surface area (Å²) >= 11 is 0. The lowest BCUT2D eigenvalue weighted by Gasteiger charge is -2.35. The Bertz CT molecular complexity index is 1180. The molecule has 7 nitrogen and oxygen atoms in total. The van der Waals surface area contributed by atoms with Crippen LogP contribution in [0.15, 0.2) is 71.3 Å². The zero-order valence-corrected chi connectivity index (χ0v) is 19.2. The van der Waals surface area contributed by atoms with Crippen LogP contribution in [0.25, 0.3) is 0 Å². The van der Waals surface area contributed by atoms with E-state index in [0.717, 1.165) is 32.1 Å². The molecule has 35 heavy (non-hydrogen) atoms. The van der Waals surface area contributed by atoms with Crippen LogP contribution < -0.4 is 19.7 Å². The van der Waals surface area contributed by atoms with Gasteiger partial charge in [-0.1, -0.05) is 37.5 Å². The molecule has 8 heteroatoms. The van der Waals surface area contributed by atoms with Crippen LogP contribution in [0.3, 0.4) is 0 Å². The summed E-state index contributed by atoms with van der Waals surface area (Å²) < 4.78 is 31.6. The van der Waals surface area contributed by atoms with Crippen molar-refractivity contribution in [3.05, 3.63) is 78.5 Å². The summed E-state index contributed by atoms with van der Waals surface area (Å²) in [5.74, 6) is -0.221. The minimum Gasteiger partial charge on any atom is -0.485 e. The standard InChI is InChI=1S/C27H27FN2O5/c28-18-8-6-11-20(16-18)30(27(32)24-17-34-21-12-4-5-13-22(21)35-24)25(23-14-7-15-33-23)26(31)29-19-9-2-1-3-10-19/h4-8,11-16,19,24-25H,1-3,9-10,17H2,(H,29,31)/t24-,25+/m1/s1. The molecular weight excluding hydrogens is 451 g/mol. The van der Waals surface area contributed by atoms with Crippen LogP contribution in [0, 0.1) is 5.82 Å². The summed E-state index contributed by atoms with van der Waals surface area (Å²) in [6.45, 7) is -0.0449. The molecular formula is C27H27FN2O5. The molecule has 1 fully saturated rings. The summed E-state index contributed by atoms with van der Waals surface area (Å²) in [5.41, 5.74) is 0.220. The Kier molecular flexibility index (Phi) is 6.70. The summed E-state index contributed by atoms with van der Waals surface area (Å²) in [6, 6.07) is 14.8. The molecule has 2 heterocycles. The maximum absolute atomic E-state index is 14.3. The van der Waals surface area contributed by atoms with Gasteiger partial charge in [0.15, 0.2) is 17.5 Å². The van der Waals surface area contributed by atoms with Gasteiger partial charge in [-0.3, -0.25) is 14.5 Å². The van der Waals surface area contributed by atoms with Crippen LogP contribution in [0.4, 0.5) is 10.1 Å². The highest BCUT2D eigenvalue weighted by Gasteiger charge is 2.41. The summed E-state index contributed by atoms with van der Waals surface area (Å²) in [7, 11) is 0. The quantitative estimate of drug-likeness (QED) is 0.551. The van der Waals surface area contributed by atoms with Crippen molar-refractivity contribution in [2.45, 2.75) is 50.3 Å². The van der Waals surface area contributed by atoms with Crippen molar-refractivity contribution in [2.75, 3.05) is 11.5 Å². The number of para-hydroxylation sites is 2. The molecule has 0 bridgehead atoms. The fourth-order valence-corrected chi connectivity index (χ4v) is 4.67. The van der Waals surface area contributed by atoms with E-state index in [0.29, 0.717) is 11.5 Å². The Morgan fingerprint density at radius 3 is 2.51 bits per heavy atom. The molecule has 1 aliphatic carbocycles. The number of fused-ring (bicyclic) bond motifs is 1. The van der Waals surface area contributed by atoms with Crippen LogP contribution in [-0.2, 0) is 9.59 Å². The number of carbonyl (C=O) groups is 2.